The van der Waals surface area contributed by atoms with Crippen LogP contribution in [0.1, 0.15) is 37.8 Å². The van der Waals surface area contributed by atoms with Crippen LogP contribution in [0.2, 0.25) is 0 Å². The van der Waals surface area contributed by atoms with Gasteiger partial charge in [-0.1, -0.05) is 38.1 Å². The maximum absolute atomic E-state index is 12.0. The highest BCUT2D eigenvalue weighted by Crippen LogP contribution is 2.16. The van der Waals surface area contributed by atoms with Crippen LogP contribution < -0.4 is 10.0 Å². The Hall–Kier alpha value is -2.93. The highest BCUT2D eigenvalue weighted by Gasteiger charge is 2.15. The lowest BCUT2D eigenvalue weighted by Crippen LogP contribution is -2.28. The SMILES string of the molecule is CC(=O)NS(=O)(=O)c1ccc(NC(=O)C=Cc2ccc(C(C)C)cc2)cc1. The van der Waals surface area contributed by atoms with Crippen LogP contribution in [0.5, 0.6) is 0 Å². The molecule has 0 bridgehead atoms. The van der Waals surface area contributed by atoms with Gasteiger partial charge in [-0.3, -0.25) is 9.59 Å². The summed E-state index contributed by atoms with van der Waals surface area (Å²) in [5.74, 6) is -0.553. The molecule has 2 aromatic carbocycles. The molecule has 0 spiro atoms. The second kappa shape index (κ2) is 8.64. The van der Waals surface area contributed by atoms with Crippen molar-refractivity contribution < 1.29 is 18.0 Å². The molecule has 0 saturated carbocycles. The first-order valence-corrected chi connectivity index (χ1v) is 9.88. The predicted octanol–water partition coefficient (Wildman–Crippen LogP) is 3.29. The predicted molar refractivity (Wildman–Crippen MR) is 106 cm³/mol. The third-order valence-electron chi connectivity index (χ3n) is 3.74. The van der Waals surface area contributed by atoms with Crippen LogP contribution in [0.3, 0.4) is 0 Å². The summed E-state index contributed by atoms with van der Waals surface area (Å²) in [6.45, 7) is 5.35. The maximum Gasteiger partial charge on any atom is 0.264 e. The number of hydrogen-bond acceptors (Lipinski definition) is 4. The molecule has 0 atom stereocenters. The fraction of sp³-hybridized carbons (Fsp3) is 0.200. The van der Waals surface area contributed by atoms with Gasteiger partial charge in [0.2, 0.25) is 11.8 Å². The zero-order valence-corrected chi connectivity index (χ0v) is 16.2. The lowest BCUT2D eigenvalue weighted by Gasteiger charge is -2.06. The van der Waals surface area contributed by atoms with Crippen molar-refractivity contribution in [2.24, 2.45) is 0 Å². The minimum absolute atomic E-state index is 0.0588. The standard InChI is InChI=1S/C20H22N2O4S/c1-14(2)17-7-4-16(5-8-17)6-13-20(24)21-18-9-11-19(12-10-18)27(25,26)22-15(3)23/h4-14H,1-3H3,(H,21,24)(H,22,23). The van der Waals surface area contributed by atoms with Crippen LogP contribution in [0, 0.1) is 0 Å². The van der Waals surface area contributed by atoms with Gasteiger partial charge >= 0.3 is 0 Å². The molecule has 142 valence electrons. The topological polar surface area (TPSA) is 92.3 Å². The van der Waals surface area contributed by atoms with Gasteiger partial charge in [-0.25, -0.2) is 13.1 Å². The average Bonchev–Trinajstić information content (AvgIpc) is 2.59. The van der Waals surface area contributed by atoms with Crippen molar-refractivity contribution in [2.75, 3.05) is 5.32 Å². The minimum Gasteiger partial charge on any atom is -0.323 e. The van der Waals surface area contributed by atoms with Gasteiger partial charge in [0.05, 0.1) is 4.90 Å². The van der Waals surface area contributed by atoms with Crippen molar-refractivity contribution in [1.82, 2.24) is 4.72 Å². The molecule has 2 aromatic rings. The molecule has 6 nitrogen and oxygen atoms in total. The third-order valence-corrected chi connectivity index (χ3v) is 5.19. The number of benzene rings is 2. The van der Waals surface area contributed by atoms with Gasteiger partial charge in [0.25, 0.3) is 10.0 Å². The molecule has 0 aliphatic heterocycles. The Morgan fingerprint density at radius 1 is 0.963 bits per heavy atom. The molecule has 0 radical (unpaired) electrons. The van der Waals surface area contributed by atoms with Crippen molar-refractivity contribution in [3.05, 3.63) is 65.7 Å². The molecule has 2 amide bonds. The Balaban J connectivity index is 2.00. The van der Waals surface area contributed by atoms with E-state index in [2.05, 4.69) is 19.2 Å². The second-order valence-electron chi connectivity index (χ2n) is 6.33. The van der Waals surface area contributed by atoms with Gasteiger partial charge in [0.1, 0.15) is 0 Å². The van der Waals surface area contributed by atoms with Gasteiger partial charge in [-0.15, -0.1) is 0 Å². The zero-order valence-electron chi connectivity index (χ0n) is 15.4. The quantitative estimate of drug-likeness (QED) is 0.745. The first kappa shape index (κ1) is 20.4. The Bertz CT molecular complexity index is 944. The summed E-state index contributed by atoms with van der Waals surface area (Å²) in [7, 11) is -3.89. The van der Waals surface area contributed by atoms with Crippen molar-refractivity contribution in [3.63, 3.8) is 0 Å². The lowest BCUT2D eigenvalue weighted by atomic mass is 10.0. The van der Waals surface area contributed by atoms with Gasteiger partial charge < -0.3 is 5.32 Å². The Kier molecular flexibility index (Phi) is 6.52. The monoisotopic (exact) mass is 386 g/mol. The van der Waals surface area contributed by atoms with Crippen molar-refractivity contribution in [1.29, 1.82) is 0 Å². The summed E-state index contributed by atoms with van der Waals surface area (Å²) in [5.41, 5.74) is 2.58. The Morgan fingerprint density at radius 3 is 2.07 bits per heavy atom. The van der Waals surface area contributed by atoms with E-state index >= 15 is 0 Å². The Labute approximate surface area is 159 Å². The third kappa shape index (κ3) is 6.07. The molecule has 0 fully saturated rings. The molecule has 2 N–H and O–H groups in total. The molecule has 2 rings (SSSR count). The average molecular weight is 386 g/mol. The molecular weight excluding hydrogens is 364 g/mol. The first-order valence-electron chi connectivity index (χ1n) is 8.40. The van der Waals surface area contributed by atoms with E-state index in [1.165, 1.54) is 35.9 Å². The number of carbonyl (C=O) groups is 2. The zero-order chi connectivity index (χ0) is 20.0. The van der Waals surface area contributed by atoms with E-state index in [0.717, 1.165) is 12.5 Å². The van der Waals surface area contributed by atoms with Crippen LogP contribution >= 0.6 is 0 Å². The van der Waals surface area contributed by atoms with E-state index < -0.39 is 15.9 Å². The highest BCUT2D eigenvalue weighted by atomic mass is 32.2. The van der Waals surface area contributed by atoms with Gasteiger partial charge in [-0.05, 0) is 47.4 Å². The summed E-state index contributed by atoms with van der Waals surface area (Å²) in [6, 6.07) is 13.5. The highest BCUT2D eigenvalue weighted by molar-refractivity contribution is 7.90. The first-order chi connectivity index (χ1) is 12.7. The van der Waals surface area contributed by atoms with E-state index in [1.807, 2.05) is 29.0 Å². The maximum atomic E-state index is 12.0. The molecule has 0 heterocycles. The Morgan fingerprint density at radius 2 is 1.56 bits per heavy atom. The minimum atomic E-state index is -3.89. The van der Waals surface area contributed by atoms with E-state index in [-0.39, 0.29) is 10.8 Å². The summed E-state index contributed by atoms with van der Waals surface area (Å²) in [5, 5.41) is 2.65. The van der Waals surface area contributed by atoms with Crippen LogP contribution in [0.25, 0.3) is 6.08 Å². The van der Waals surface area contributed by atoms with Crippen LogP contribution in [0.4, 0.5) is 5.69 Å². The molecular formula is C20H22N2O4S. The summed E-state index contributed by atoms with van der Waals surface area (Å²) in [4.78, 5) is 22.9. The number of amides is 2. The van der Waals surface area contributed by atoms with Crippen LogP contribution in [0.15, 0.2) is 59.5 Å². The molecule has 0 saturated heterocycles. The van der Waals surface area contributed by atoms with Crippen LogP contribution in [-0.2, 0) is 19.6 Å². The summed E-state index contributed by atoms with van der Waals surface area (Å²) < 4.78 is 25.6. The molecule has 0 unspecified atom stereocenters. The largest absolute Gasteiger partial charge is 0.323 e. The molecule has 7 heteroatoms. The number of rotatable bonds is 6. The fourth-order valence-electron chi connectivity index (χ4n) is 2.31. The number of nitrogens with one attached hydrogen (secondary N) is 2. The number of sulfonamides is 1. The van der Waals surface area contributed by atoms with E-state index in [1.54, 1.807) is 6.08 Å². The molecule has 27 heavy (non-hydrogen) atoms. The normalized spacial score (nSPS) is 11.6. The van der Waals surface area contributed by atoms with Crippen molar-refractivity contribution in [2.45, 2.75) is 31.6 Å². The van der Waals surface area contributed by atoms with E-state index in [0.29, 0.717) is 11.6 Å². The van der Waals surface area contributed by atoms with Crippen LogP contribution in [-0.4, -0.2) is 20.2 Å². The van der Waals surface area contributed by atoms with Crippen molar-refractivity contribution >= 4 is 33.6 Å². The molecule has 0 aromatic heterocycles. The summed E-state index contributed by atoms with van der Waals surface area (Å²) in [6.07, 6.45) is 3.11. The molecule has 0 aliphatic rings. The van der Waals surface area contributed by atoms with Gasteiger partial charge in [-0.2, -0.15) is 0 Å². The van der Waals surface area contributed by atoms with E-state index in [4.69, 9.17) is 0 Å². The number of carbonyl (C=O) groups excluding carboxylic acids is 2. The number of hydrogen-bond donors (Lipinski definition) is 2. The fourth-order valence-corrected chi connectivity index (χ4v) is 3.30. The van der Waals surface area contributed by atoms with Gasteiger partial charge in [0, 0.05) is 18.7 Å². The number of anilines is 1. The molecule has 0 aliphatic carbocycles. The second-order valence-corrected chi connectivity index (χ2v) is 8.01. The lowest BCUT2D eigenvalue weighted by molar-refractivity contribution is -0.117. The van der Waals surface area contributed by atoms with Gasteiger partial charge in [0.15, 0.2) is 0 Å². The van der Waals surface area contributed by atoms with E-state index in [9.17, 15) is 18.0 Å². The smallest absolute Gasteiger partial charge is 0.264 e. The summed E-state index contributed by atoms with van der Waals surface area (Å²) >= 11 is 0. The van der Waals surface area contributed by atoms with Crippen molar-refractivity contribution in [3.8, 4) is 0 Å².